The molecule has 1 N–H and O–H groups in total. The maximum atomic E-state index is 12.9. The highest BCUT2D eigenvalue weighted by atomic mass is 32.2. The molecule has 142 valence electrons. The first-order valence-corrected chi connectivity index (χ1v) is 10.5. The molecule has 3 rings (SSSR count). The molecule has 0 saturated carbocycles. The van der Waals surface area contributed by atoms with Crippen LogP contribution in [0.3, 0.4) is 0 Å². The molecule has 0 aliphatic carbocycles. The standard InChI is InChI=1S/C22H26N2O2S/c1-15(2)20(24-14-17-6-4-5-7-19(17)22(24)26)21(25)23-13-12-16-8-10-18(27-3)11-9-16/h4-11,15,20H,12-14H2,1-3H3,(H,23,25)/t20-/m1/s1. The highest BCUT2D eigenvalue weighted by Gasteiger charge is 2.37. The average molecular weight is 383 g/mol. The second-order valence-electron chi connectivity index (χ2n) is 7.17. The minimum absolute atomic E-state index is 0.0455. The Bertz CT molecular complexity index is 817. The molecule has 4 nitrogen and oxygen atoms in total. The Kier molecular flexibility index (Phi) is 6.22. The lowest BCUT2D eigenvalue weighted by Crippen LogP contribution is -2.50. The predicted molar refractivity (Wildman–Crippen MR) is 110 cm³/mol. The number of nitrogens with one attached hydrogen (secondary N) is 1. The molecule has 1 aliphatic heterocycles. The van der Waals surface area contributed by atoms with Crippen molar-refractivity contribution in [3.05, 3.63) is 65.2 Å². The van der Waals surface area contributed by atoms with E-state index < -0.39 is 6.04 Å². The van der Waals surface area contributed by atoms with Crippen LogP contribution in [-0.4, -0.2) is 35.6 Å². The van der Waals surface area contributed by atoms with E-state index in [1.54, 1.807) is 16.7 Å². The minimum Gasteiger partial charge on any atom is -0.354 e. The largest absolute Gasteiger partial charge is 0.354 e. The molecule has 1 atom stereocenters. The summed E-state index contributed by atoms with van der Waals surface area (Å²) in [5.41, 5.74) is 2.90. The molecule has 1 aliphatic rings. The van der Waals surface area contributed by atoms with E-state index in [0.717, 1.165) is 12.0 Å². The molecule has 0 spiro atoms. The monoisotopic (exact) mass is 382 g/mol. The van der Waals surface area contributed by atoms with Gasteiger partial charge < -0.3 is 10.2 Å². The highest BCUT2D eigenvalue weighted by Crippen LogP contribution is 2.27. The van der Waals surface area contributed by atoms with Crippen LogP contribution in [0.4, 0.5) is 0 Å². The van der Waals surface area contributed by atoms with Crippen molar-refractivity contribution in [2.75, 3.05) is 12.8 Å². The van der Waals surface area contributed by atoms with Gasteiger partial charge in [-0.05, 0) is 47.9 Å². The first-order valence-electron chi connectivity index (χ1n) is 9.30. The number of carbonyl (C=O) groups excluding carboxylic acids is 2. The second kappa shape index (κ2) is 8.61. The number of nitrogens with zero attached hydrogens (tertiary/aromatic N) is 1. The van der Waals surface area contributed by atoms with Gasteiger partial charge in [-0.1, -0.05) is 44.2 Å². The molecular weight excluding hydrogens is 356 g/mol. The van der Waals surface area contributed by atoms with Gasteiger partial charge in [-0.2, -0.15) is 0 Å². The summed E-state index contributed by atoms with van der Waals surface area (Å²) in [5.74, 6) is -0.0804. The first-order chi connectivity index (χ1) is 13.0. The molecule has 1 heterocycles. The summed E-state index contributed by atoms with van der Waals surface area (Å²) in [6, 6.07) is 15.5. The van der Waals surface area contributed by atoms with Gasteiger partial charge in [-0.25, -0.2) is 0 Å². The van der Waals surface area contributed by atoms with Gasteiger partial charge in [0, 0.05) is 23.5 Å². The van der Waals surface area contributed by atoms with Crippen molar-refractivity contribution < 1.29 is 9.59 Å². The van der Waals surface area contributed by atoms with Crippen molar-refractivity contribution >= 4 is 23.6 Å². The molecule has 5 heteroatoms. The lowest BCUT2D eigenvalue weighted by molar-refractivity contribution is -0.127. The van der Waals surface area contributed by atoms with E-state index in [1.165, 1.54) is 10.5 Å². The van der Waals surface area contributed by atoms with Crippen LogP contribution in [0.1, 0.15) is 35.3 Å². The second-order valence-corrected chi connectivity index (χ2v) is 8.05. The van der Waals surface area contributed by atoms with Crippen molar-refractivity contribution in [1.82, 2.24) is 10.2 Å². The van der Waals surface area contributed by atoms with Crippen LogP contribution >= 0.6 is 11.8 Å². The van der Waals surface area contributed by atoms with E-state index in [-0.39, 0.29) is 17.7 Å². The number of benzene rings is 2. The molecule has 0 fully saturated rings. The Hall–Kier alpha value is -2.27. The Morgan fingerprint density at radius 3 is 2.48 bits per heavy atom. The van der Waals surface area contributed by atoms with Gasteiger partial charge in [0.2, 0.25) is 5.91 Å². The van der Waals surface area contributed by atoms with Crippen LogP contribution in [-0.2, 0) is 17.8 Å². The number of amides is 2. The van der Waals surface area contributed by atoms with Gasteiger partial charge in [0.15, 0.2) is 0 Å². The molecule has 0 radical (unpaired) electrons. The molecule has 0 saturated heterocycles. The zero-order chi connectivity index (χ0) is 19.4. The van der Waals surface area contributed by atoms with E-state index >= 15 is 0 Å². The Balaban J connectivity index is 1.61. The van der Waals surface area contributed by atoms with E-state index in [0.29, 0.717) is 18.7 Å². The van der Waals surface area contributed by atoms with Crippen molar-refractivity contribution in [2.45, 2.75) is 37.8 Å². The SMILES string of the molecule is CSc1ccc(CCNC(=O)[C@@H](C(C)C)N2Cc3ccccc3C2=O)cc1. The average Bonchev–Trinajstić information content (AvgIpc) is 2.99. The fourth-order valence-electron chi connectivity index (χ4n) is 3.53. The van der Waals surface area contributed by atoms with Gasteiger partial charge >= 0.3 is 0 Å². The fourth-order valence-corrected chi connectivity index (χ4v) is 3.94. The molecule has 2 amide bonds. The van der Waals surface area contributed by atoms with E-state index in [2.05, 4.69) is 35.8 Å². The van der Waals surface area contributed by atoms with Crippen LogP contribution in [0.2, 0.25) is 0 Å². The van der Waals surface area contributed by atoms with Gasteiger partial charge in [0.05, 0.1) is 0 Å². The predicted octanol–water partition coefficient (Wildman–Crippen LogP) is 3.75. The lowest BCUT2D eigenvalue weighted by atomic mass is 10.0. The maximum absolute atomic E-state index is 12.9. The topological polar surface area (TPSA) is 49.4 Å². The molecule has 0 unspecified atom stereocenters. The van der Waals surface area contributed by atoms with Gasteiger partial charge in [-0.3, -0.25) is 9.59 Å². The van der Waals surface area contributed by atoms with Crippen molar-refractivity contribution in [3.8, 4) is 0 Å². The first kappa shape index (κ1) is 19.5. The summed E-state index contributed by atoms with van der Waals surface area (Å²) in [7, 11) is 0. The zero-order valence-electron chi connectivity index (χ0n) is 16.1. The number of hydrogen-bond acceptors (Lipinski definition) is 3. The fraction of sp³-hybridized carbons (Fsp3) is 0.364. The number of thioether (sulfide) groups is 1. The van der Waals surface area contributed by atoms with Crippen LogP contribution in [0, 0.1) is 5.92 Å². The van der Waals surface area contributed by atoms with Crippen LogP contribution in [0.25, 0.3) is 0 Å². The van der Waals surface area contributed by atoms with Gasteiger partial charge in [0.25, 0.3) is 5.91 Å². The smallest absolute Gasteiger partial charge is 0.255 e. The third kappa shape index (κ3) is 4.35. The number of carbonyl (C=O) groups is 2. The maximum Gasteiger partial charge on any atom is 0.255 e. The Labute approximate surface area is 165 Å². The minimum atomic E-state index is -0.455. The number of rotatable bonds is 7. The summed E-state index contributed by atoms with van der Waals surface area (Å²) < 4.78 is 0. The van der Waals surface area contributed by atoms with Gasteiger partial charge in [0.1, 0.15) is 6.04 Å². The van der Waals surface area contributed by atoms with E-state index in [4.69, 9.17) is 0 Å². The lowest BCUT2D eigenvalue weighted by Gasteiger charge is -2.30. The van der Waals surface area contributed by atoms with Crippen molar-refractivity contribution in [2.24, 2.45) is 5.92 Å². The molecule has 2 aromatic rings. The summed E-state index contributed by atoms with van der Waals surface area (Å²) in [5, 5.41) is 3.03. The summed E-state index contributed by atoms with van der Waals surface area (Å²) in [6.07, 6.45) is 2.83. The third-order valence-corrected chi connectivity index (χ3v) is 5.70. The van der Waals surface area contributed by atoms with Crippen molar-refractivity contribution in [1.29, 1.82) is 0 Å². The molecule has 0 aromatic heterocycles. The summed E-state index contributed by atoms with van der Waals surface area (Å²) in [6.45, 7) is 5.04. The molecule has 27 heavy (non-hydrogen) atoms. The quantitative estimate of drug-likeness (QED) is 0.742. The highest BCUT2D eigenvalue weighted by molar-refractivity contribution is 7.98. The molecule has 0 bridgehead atoms. The Morgan fingerprint density at radius 1 is 1.15 bits per heavy atom. The number of hydrogen-bond donors (Lipinski definition) is 1. The molecular formula is C22H26N2O2S. The van der Waals surface area contributed by atoms with Crippen molar-refractivity contribution in [3.63, 3.8) is 0 Å². The summed E-state index contributed by atoms with van der Waals surface area (Å²) in [4.78, 5) is 28.5. The number of fused-ring (bicyclic) bond motifs is 1. The third-order valence-electron chi connectivity index (χ3n) is 4.96. The van der Waals surface area contributed by atoms with Crippen LogP contribution < -0.4 is 5.32 Å². The summed E-state index contributed by atoms with van der Waals surface area (Å²) >= 11 is 1.72. The molecule has 2 aromatic carbocycles. The van der Waals surface area contributed by atoms with E-state index in [1.807, 2.05) is 38.1 Å². The van der Waals surface area contributed by atoms with Crippen LogP contribution in [0.15, 0.2) is 53.4 Å². The normalized spacial score (nSPS) is 14.4. The van der Waals surface area contributed by atoms with Gasteiger partial charge in [-0.15, -0.1) is 11.8 Å². The van der Waals surface area contributed by atoms with Crippen LogP contribution in [0.5, 0.6) is 0 Å². The Morgan fingerprint density at radius 2 is 1.85 bits per heavy atom. The zero-order valence-corrected chi connectivity index (χ0v) is 16.9. The van der Waals surface area contributed by atoms with E-state index in [9.17, 15) is 9.59 Å².